The second-order valence-corrected chi connectivity index (χ2v) is 7.58. The average Bonchev–Trinajstić information content (AvgIpc) is 3.09. The highest BCUT2D eigenvalue weighted by atomic mass is 16.5. The van der Waals surface area contributed by atoms with Crippen molar-refractivity contribution in [3.05, 3.63) is 59.7 Å². The quantitative estimate of drug-likeness (QED) is 0.641. The number of benzene rings is 2. The lowest BCUT2D eigenvalue weighted by atomic mass is 9.98. The van der Waals surface area contributed by atoms with E-state index in [1.165, 1.54) is 4.90 Å². The Morgan fingerprint density at radius 1 is 1.03 bits per heavy atom. The van der Waals surface area contributed by atoms with Crippen molar-refractivity contribution in [1.82, 2.24) is 10.2 Å². The van der Waals surface area contributed by atoms with Crippen LogP contribution in [0.1, 0.15) is 43.7 Å². The summed E-state index contributed by atoms with van der Waals surface area (Å²) in [5.41, 5.74) is 4.49. The highest BCUT2D eigenvalue weighted by molar-refractivity contribution is 5.88. The number of aliphatic carboxylic acids is 1. The number of carboxylic acids is 1. The first-order chi connectivity index (χ1) is 15.0. The Kier molecular flexibility index (Phi) is 7.28. The molecule has 0 radical (unpaired) electrons. The van der Waals surface area contributed by atoms with Crippen LogP contribution in [0, 0.1) is 0 Å². The molecular formula is C24H28N2O5. The van der Waals surface area contributed by atoms with Gasteiger partial charge in [-0.15, -0.1) is 0 Å². The first-order valence-electron chi connectivity index (χ1n) is 10.6. The van der Waals surface area contributed by atoms with Gasteiger partial charge in [0.15, 0.2) is 0 Å². The van der Waals surface area contributed by atoms with E-state index >= 15 is 0 Å². The molecule has 2 aromatic rings. The number of nitrogens with one attached hydrogen (secondary N) is 1. The number of ether oxygens (including phenoxy) is 1. The molecule has 1 unspecified atom stereocenters. The predicted octanol–water partition coefficient (Wildman–Crippen LogP) is 3.63. The van der Waals surface area contributed by atoms with Crippen LogP contribution in [0.2, 0.25) is 0 Å². The molecule has 31 heavy (non-hydrogen) atoms. The maximum Gasteiger partial charge on any atom is 0.407 e. The lowest BCUT2D eigenvalue weighted by Crippen LogP contribution is -2.50. The molecular weight excluding hydrogens is 396 g/mol. The van der Waals surface area contributed by atoms with Crippen molar-refractivity contribution in [1.29, 1.82) is 0 Å². The van der Waals surface area contributed by atoms with E-state index in [0.29, 0.717) is 19.4 Å². The minimum absolute atomic E-state index is 0.0717. The van der Waals surface area contributed by atoms with E-state index in [-0.39, 0.29) is 12.5 Å². The Hall–Kier alpha value is -3.35. The lowest BCUT2D eigenvalue weighted by molar-refractivity contribution is -0.145. The van der Waals surface area contributed by atoms with E-state index in [1.54, 1.807) is 6.92 Å². The number of rotatable bonds is 9. The third-order valence-electron chi connectivity index (χ3n) is 5.47. The molecule has 0 aliphatic heterocycles. The van der Waals surface area contributed by atoms with E-state index in [2.05, 4.69) is 17.4 Å². The van der Waals surface area contributed by atoms with Crippen molar-refractivity contribution in [3.8, 4) is 11.1 Å². The highest BCUT2D eigenvalue weighted by Gasteiger charge is 2.30. The normalized spacial score (nSPS) is 13.1. The van der Waals surface area contributed by atoms with Crippen molar-refractivity contribution < 1.29 is 24.2 Å². The fraction of sp³-hybridized carbons (Fsp3) is 0.375. The van der Waals surface area contributed by atoms with E-state index in [1.807, 2.05) is 43.3 Å². The molecule has 1 aliphatic carbocycles. The zero-order valence-electron chi connectivity index (χ0n) is 17.8. The summed E-state index contributed by atoms with van der Waals surface area (Å²) in [6.45, 7) is 3.70. The molecule has 0 saturated heterocycles. The number of fused-ring (bicyclic) bond motifs is 3. The van der Waals surface area contributed by atoms with Crippen LogP contribution in [0.5, 0.6) is 0 Å². The molecule has 0 heterocycles. The third-order valence-corrected chi connectivity index (χ3v) is 5.47. The summed E-state index contributed by atoms with van der Waals surface area (Å²) < 4.78 is 5.51. The van der Waals surface area contributed by atoms with Crippen LogP contribution in [-0.4, -0.2) is 53.7 Å². The van der Waals surface area contributed by atoms with Gasteiger partial charge in [-0.2, -0.15) is 0 Å². The van der Waals surface area contributed by atoms with Gasteiger partial charge in [0.2, 0.25) is 5.91 Å². The molecule has 0 bridgehead atoms. The van der Waals surface area contributed by atoms with Gasteiger partial charge in [0.1, 0.15) is 19.2 Å². The minimum Gasteiger partial charge on any atom is -0.480 e. The van der Waals surface area contributed by atoms with Gasteiger partial charge in [0, 0.05) is 12.5 Å². The number of amides is 2. The summed E-state index contributed by atoms with van der Waals surface area (Å²) in [6, 6.07) is 15.3. The van der Waals surface area contributed by atoms with Gasteiger partial charge in [-0.05, 0) is 35.1 Å². The second-order valence-electron chi connectivity index (χ2n) is 7.58. The molecule has 0 fully saturated rings. The average molecular weight is 424 g/mol. The summed E-state index contributed by atoms with van der Waals surface area (Å²) in [5.74, 6) is -1.57. The van der Waals surface area contributed by atoms with Crippen LogP contribution in [0.3, 0.4) is 0 Å². The van der Waals surface area contributed by atoms with E-state index in [4.69, 9.17) is 9.84 Å². The van der Waals surface area contributed by atoms with Gasteiger partial charge >= 0.3 is 12.1 Å². The van der Waals surface area contributed by atoms with Gasteiger partial charge in [0.05, 0.1) is 0 Å². The molecule has 2 N–H and O–H groups in total. The SMILES string of the molecule is CCCN(CC(=O)O)C(=O)C(CC)NC(=O)OCC1c2ccccc2-c2ccccc21. The minimum atomic E-state index is -1.09. The molecule has 0 spiro atoms. The van der Waals surface area contributed by atoms with Crippen molar-refractivity contribution in [2.24, 2.45) is 0 Å². The number of carboxylic acid groups (broad SMARTS) is 1. The second kappa shape index (κ2) is 10.1. The van der Waals surface area contributed by atoms with Crippen LogP contribution in [0.25, 0.3) is 11.1 Å². The molecule has 1 aliphatic rings. The molecule has 2 aromatic carbocycles. The van der Waals surface area contributed by atoms with E-state index in [9.17, 15) is 14.4 Å². The Labute approximate surface area is 182 Å². The first-order valence-corrected chi connectivity index (χ1v) is 10.6. The molecule has 7 nitrogen and oxygen atoms in total. The number of hydrogen-bond acceptors (Lipinski definition) is 4. The monoisotopic (exact) mass is 424 g/mol. The maximum atomic E-state index is 12.7. The summed E-state index contributed by atoms with van der Waals surface area (Å²) in [7, 11) is 0. The topological polar surface area (TPSA) is 95.9 Å². The van der Waals surface area contributed by atoms with E-state index < -0.39 is 30.6 Å². The molecule has 0 aromatic heterocycles. The number of hydrogen-bond donors (Lipinski definition) is 2. The van der Waals surface area contributed by atoms with Crippen molar-refractivity contribution >= 4 is 18.0 Å². The molecule has 7 heteroatoms. The summed E-state index contributed by atoms with van der Waals surface area (Å²) in [6.07, 6.45) is 0.275. The smallest absolute Gasteiger partial charge is 0.407 e. The fourth-order valence-corrected chi connectivity index (χ4v) is 4.04. The van der Waals surface area contributed by atoms with Crippen LogP contribution in [-0.2, 0) is 14.3 Å². The largest absolute Gasteiger partial charge is 0.480 e. The molecule has 1 atom stereocenters. The van der Waals surface area contributed by atoms with Crippen molar-refractivity contribution in [3.63, 3.8) is 0 Å². The van der Waals surface area contributed by atoms with Gasteiger partial charge in [-0.3, -0.25) is 9.59 Å². The fourth-order valence-electron chi connectivity index (χ4n) is 4.04. The molecule has 2 amide bonds. The molecule has 3 rings (SSSR count). The Bertz CT molecular complexity index is 913. The summed E-state index contributed by atoms with van der Waals surface area (Å²) in [5, 5.41) is 11.7. The zero-order chi connectivity index (χ0) is 22.4. The number of carbonyl (C=O) groups is 3. The summed E-state index contributed by atoms with van der Waals surface area (Å²) in [4.78, 5) is 37.5. The predicted molar refractivity (Wildman–Crippen MR) is 117 cm³/mol. The van der Waals surface area contributed by atoms with Gasteiger partial charge in [-0.25, -0.2) is 4.79 Å². The number of alkyl carbamates (subject to hydrolysis) is 1. The zero-order valence-corrected chi connectivity index (χ0v) is 17.8. The van der Waals surface area contributed by atoms with Crippen LogP contribution >= 0.6 is 0 Å². The maximum absolute atomic E-state index is 12.7. The summed E-state index contributed by atoms with van der Waals surface area (Å²) >= 11 is 0. The third kappa shape index (κ3) is 5.05. The number of nitrogens with zero attached hydrogens (tertiary/aromatic N) is 1. The van der Waals surface area contributed by atoms with Gasteiger partial charge in [-0.1, -0.05) is 62.4 Å². The molecule has 164 valence electrons. The van der Waals surface area contributed by atoms with E-state index in [0.717, 1.165) is 22.3 Å². The van der Waals surface area contributed by atoms with Gasteiger partial charge in [0.25, 0.3) is 0 Å². The molecule has 0 saturated carbocycles. The Balaban J connectivity index is 1.65. The van der Waals surface area contributed by atoms with Gasteiger partial charge < -0.3 is 20.1 Å². The van der Waals surface area contributed by atoms with Crippen LogP contribution in [0.15, 0.2) is 48.5 Å². The highest BCUT2D eigenvalue weighted by Crippen LogP contribution is 2.44. The Morgan fingerprint density at radius 2 is 1.61 bits per heavy atom. The van der Waals surface area contributed by atoms with Crippen LogP contribution < -0.4 is 5.32 Å². The van der Waals surface area contributed by atoms with Crippen molar-refractivity contribution in [2.45, 2.75) is 38.6 Å². The van der Waals surface area contributed by atoms with Crippen LogP contribution in [0.4, 0.5) is 4.79 Å². The lowest BCUT2D eigenvalue weighted by Gasteiger charge is -2.25. The van der Waals surface area contributed by atoms with Crippen molar-refractivity contribution in [2.75, 3.05) is 19.7 Å². The number of carbonyl (C=O) groups excluding carboxylic acids is 2. The Morgan fingerprint density at radius 3 is 2.13 bits per heavy atom. The first kappa shape index (κ1) is 22.3. The standard InChI is InChI=1S/C24H28N2O5/c1-3-13-26(14-22(27)28)23(29)21(4-2)25-24(30)31-15-20-18-11-7-5-9-16(18)17-10-6-8-12-19(17)20/h5-12,20-21H,3-4,13-15H2,1-2H3,(H,25,30)(H,27,28).